The molecule has 2 aromatic heterocycles. The standard InChI is InChI=1S/C23H20N4O2/c1-15(28)18-9-19-10-21(14-26-22(19)11-18)25-12-16-4-2-5-17(8-16)23(29)27-20-6-3-7-24-13-20/h2-10,13-14,25H,11-12H2,1H3,(H,27,29). The molecule has 0 fully saturated rings. The predicted molar refractivity (Wildman–Crippen MR) is 113 cm³/mol. The van der Waals surface area contributed by atoms with Gasteiger partial charge in [-0.3, -0.25) is 19.6 Å². The molecule has 0 aliphatic heterocycles. The molecule has 0 spiro atoms. The number of benzene rings is 1. The van der Waals surface area contributed by atoms with Gasteiger partial charge in [-0.05, 0) is 54.5 Å². The topological polar surface area (TPSA) is 84.0 Å². The minimum absolute atomic E-state index is 0.0823. The van der Waals surface area contributed by atoms with E-state index in [-0.39, 0.29) is 11.7 Å². The number of pyridine rings is 2. The fourth-order valence-electron chi connectivity index (χ4n) is 3.19. The third-order valence-corrected chi connectivity index (χ3v) is 4.75. The van der Waals surface area contributed by atoms with Gasteiger partial charge in [-0.15, -0.1) is 0 Å². The second-order valence-corrected chi connectivity index (χ2v) is 6.91. The number of rotatable bonds is 6. The largest absolute Gasteiger partial charge is 0.380 e. The lowest BCUT2D eigenvalue weighted by atomic mass is 10.1. The highest BCUT2D eigenvalue weighted by molar-refractivity contribution is 6.04. The van der Waals surface area contributed by atoms with E-state index in [4.69, 9.17) is 0 Å². The first-order valence-corrected chi connectivity index (χ1v) is 9.33. The summed E-state index contributed by atoms with van der Waals surface area (Å²) >= 11 is 0. The fraction of sp³-hybridized carbons (Fsp3) is 0.130. The highest BCUT2D eigenvalue weighted by atomic mass is 16.1. The summed E-state index contributed by atoms with van der Waals surface area (Å²) < 4.78 is 0. The Labute approximate surface area is 168 Å². The van der Waals surface area contributed by atoms with E-state index in [1.54, 1.807) is 43.7 Å². The van der Waals surface area contributed by atoms with Crippen LogP contribution in [0.15, 0.2) is 66.6 Å². The van der Waals surface area contributed by atoms with Crippen LogP contribution in [0.3, 0.4) is 0 Å². The molecular formula is C23H20N4O2. The monoisotopic (exact) mass is 384 g/mol. The summed E-state index contributed by atoms with van der Waals surface area (Å²) in [6.07, 6.45) is 7.54. The van der Waals surface area contributed by atoms with Crippen molar-refractivity contribution in [3.63, 3.8) is 0 Å². The zero-order valence-electron chi connectivity index (χ0n) is 16.0. The van der Waals surface area contributed by atoms with Crippen molar-refractivity contribution in [3.05, 3.63) is 89.0 Å². The van der Waals surface area contributed by atoms with Gasteiger partial charge in [0.2, 0.25) is 0 Å². The van der Waals surface area contributed by atoms with Crippen LogP contribution in [-0.4, -0.2) is 21.7 Å². The van der Waals surface area contributed by atoms with Gasteiger partial charge in [0.1, 0.15) is 0 Å². The van der Waals surface area contributed by atoms with Crippen molar-refractivity contribution < 1.29 is 9.59 Å². The van der Waals surface area contributed by atoms with E-state index >= 15 is 0 Å². The Kier molecular flexibility index (Phi) is 5.16. The van der Waals surface area contributed by atoms with Crippen LogP contribution in [0.25, 0.3) is 6.08 Å². The number of nitrogens with one attached hydrogen (secondary N) is 2. The lowest BCUT2D eigenvalue weighted by Gasteiger charge is -2.10. The maximum absolute atomic E-state index is 12.5. The molecule has 1 amide bonds. The van der Waals surface area contributed by atoms with Crippen LogP contribution in [0.4, 0.5) is 11.4 Å². The first-order chi connectivity index (χ1) is 14.1. The van der Waals surface area contributed by atoms with E-state index in [9.17, 15) is 9.59 Å². The van der Waals surface area contributed by atoms with E-state index in [1.807, 2.05) is 30.3 Å². The van der Waals surface area contributed by atoms with E-state index in [1.165, 1.54) is 0 Å². The van der Waals surface area contributed by atoms with Gasteiger partial charge in [-0.25, -0.2) is 0 Å². The van der Waals surface area contributed by atoms with Crippen LogP contribution in [0, 0.1) is 0 Å². The molecule has 0 atom stereocenters. The minimum Gasteiger partial charge on any atom is -0.380 e. The molecule has 0 bridgehead atoms. The summed E-state index contributed by atoms with van der Waals surface area (Å²) in [5.74, 6) is -0.0974. The number of anilines is 2. The van der Waals surface area contributed by atoms with Crippen molar-refractivity contribution in [2.45, 2.75) is 19.9 Å². The summed E-state index contributed by atoms with van der Waals surface area (Å²) in [7, 11) is 0. The molecule has 1 aliphatic carbocycles. The van der Waals surface area contributed by atoms with Gasteiger partial charge in [0.25, 0.3) is 5.91 Å². The van der Waals surface area contributed by atoms with Crippen LogP contribution in [0.1, 0.15) is 34.1 Å². The number of nitrogens with zero attached hydrogens (tertiary/aromatic N) is 2. The molecule has 3 aromatic rings. The van der Waals surface area contributed by atoms with Gasteiger partial charge >= 0.3 is 0 Å². The molecule has 2 N–H and O–H groups in total. The molecule has 6 nitrogen and oxygen atoms in total. The van der Waals surface area contributed by atoms with E-state index in [0.717, 1.165) is 28.1 Å². The van der Waals surface area contributed by atoms with Crippen LogP contribution < -0.4 is 10.6 Å². The van der Waals surface area contributed by atoms with Crippen molar-refractivity contribution in [1.82, 2.24) is 9.97 Å². The van der Waals surface area contributed by atoms with E-state index in [2.05, 4.69) is 20.6 Å². The van der Waals surface area contributed by atoms with Crippen molar-refractivity contribution in [2.24, 2.45) is 0 Å². The third-order valence-electron chi connectivity index (χ3n) is 4.75. The Hall–Kier alpha value is -3.80. The average molecular weight is 384 g/mol. The zero-order chi connectivity index (χ0) is 20.2. The maximum atomic E-state index is 12.5. The maximum Gasteiger partial charge on any atom is 0.255 e. The number of hydrogen-bond donors (Lipinski definition) is 2. The van der Waals surface area contributed by atoms with Gasteiger partial charge in [-0.2, -0.15) is 0 Å². The van der Waals surface area contributed by atoms with Crippen LogP contribution >= 0.6 is 0 Å². The number of amides is 1. The number of fused-ring (bicyclic) bond motifs is 1. The summed E-state index contributed by atoms with van der Waals surface area (Å²) in [4.78, 5) is 32.5. The molecule has 4 rings (SSSR count). The van der Waals surface area contributed by atoms with Crippen molar-refractivity contribution in [3.8, 4) is 0 Å². The van der Waals surface area contributed by atoms with E-state index in [0.29, 0.717) is 24.2 Å². The Balaban J connectivity index is 1.42. The molecule has 144 valence electrons. The quantitative estimate of drug-likeness (QED) is 0.674. The van der Waals surface area contributed by atoms with E-state index < -0.39 is 0 Å². The molecule has 1 aromatic carbocycles. The highest BCUT2D eigenvalue weighted by Gasteiger charge is 2.17. The van der Waals surface area contributed by atoms with Gasteiger partial charge in [0, 0.05) is 30.3 Å². The smallest absolute Gasteiger partial charge is 0.255 e. The minimum atomic E-state index is -0.180. The Bertz CT molecular complexity index is 1110. The van der Waals surface area contributed by atoms with Crippen LogP contribution in [0.5, 0.6) is 0 Å². The molecular weight excluding hydrogens is 364 g/mol. The summed E-state index contributed by atoms with van der Waals surface area (Å²) in [6.45, 7) is 2.13. The second kappa shape index (κ2) is 8.06. The number of carbonyl (C=O) groups is 2. The lowest BCUT2D eigenvalue weighted by Crippen LogP contribution is -2.12. The number of carbonyl (C=O) groups excluding carboxylic acids is 2. The predicted octanol–water partition coefficient (Wildman–Crippen LogP) is 3.87. The summed E-state index contributed by atoms with van der Waals surface area (Å²) in [5, 5.41) is 6.17. The van der Waals surface area contributed by atoms with Crippen LogP contribution in [0.2, 0.25) is 0 Å². The molecule has 0 radical (unpaired) electrons. The molecule has 0 unspecified atom stereocenters. The van der Waals surface area contributed by atoms with Crippen LogP contribution in [-0.2, 0) is 17.8 Å². The summed E-state index contributed by atoms with van der Waals surface area (Å²) in [5.41, 5.74) is 5.77. The molecule has 0 saturated carbocycles. The summed E-state index contributed by atoms with van der Waals surface area (Å²) in [6, 6.07) is 13.0. The van der Waals surface area contributed by atoms with Gasteiger partial charge in [-0.1, -0.05) is 12.1 Å². The zero-order valence-corrected chi connectivity index (χ0v) is 16.0. The SMILES string of the molecule is CC(=O)C1=Cc2cc(NCc3cccc(C(=O)Nc4cccnc4)c3)cnc2C1. The number of aromatic nitrogens is 2. The van der Waals surface area contributed by atoms with Gasteiger partial charge in [0.15, 0.2) is 5.78 Å². The Morgan fingerprint density at radius 2 is 1.97 bits per heavy atom. The van der Waals surface area contributed by atoms with Crippen molar-refractivity contribution >= 4 is 29.1 Å². The number of hydrogen-bond acceptors (Lipinski definition) is 5. The molecule has 0 saturated heterocycles. The highest BCUT2D eigenvalue weighted by Crippen LogP contribution is 2.26. The van der Waals surface area contributed by atoms with Gasteiger partial charge < -0.3 is 10.6 Å². The molecule has 6 heteroatoms. The normalized spacial score (nSPS) is 12.1. The first-order valence-electron chi connectivity index (χ1n) is 9.33. The van der Waals surface area contributed by atoms with Crippen molar-refractivity contribution in [1.29, 1.82) is 0 Å². The number of allylic oxidation sites excluding steroid dienone is 1. The Morgan fingerprint density at radius 3 is 2.76 bits per heavy atom. The fourth-order valence-corrected chi connectivity index (χ4v) is 3.19. The molecule has 1 aliphatic rings. The average Bonchev–Trinajstić information content (AvgIpc) is 3.17. The lowest BCUT2D eigenvalue weighted by molar-refractivity contribution is -0.113. The van der Waals surface area contributed by atoms with Gasteiger partial charge in [0.05, 0.1) is 29.5 Å². The third kappa shape index (κ3) is 4.38. The number of Topliss-reactive ketones (excluding diaryl/α,β-unsaturated/α-hetero) is 1. The van der Waals surface area contributed by atoms with Crippen molar-refractivity contribution in [2.75, 3.05) is 10.6 Å². The molecule has 29 heavy (non-hydrogen) atoms. The Morgan fingerprint density at radius 1 is 1.07 bits per heavy atom. The first kappa shape index (κ1) is 18.6. The second-order valence-electron chi connectivity index (χ2n) is 6.91. The molecule has 2 heterocycles. The number of ketones is 1.